The van der Waals surface area contributed by atoms with Gasteiger partial charge >= 0.3 is 6.09 Å². The molecular formula is C19H30N2O3. The van der Waals surface area contributed by atoms with Crippen LogP contribution in [0, 0.1) is 0 Å². The highest BCUT2D eigenvalue weighted by Crippen LogP contribution is 2.31. The largest absolute Gasteiger partial charge is 0.444 e. The predicted octanol–water partition coefficient (Wildman–Crippen LogP) is 4.79. The molecule has 0 spiro atoms. The van der Waals surface area contributed by atoms with Crippen LogP contribution in [0.25, 0.3) is 0 Å². The van der Waals surface area contributed by atoms with Crippen molar-refractivity contribution < 1.29 is 14.3 Å². The molecule has 1 fully saturated rings. The Morgan fingerprint density at radius 2 is 2.00 bits per heavy atom. The van der Waals surface area contributed by atoms with Gasteiger partial charge in [0.15, 0.2) is 0 Å². The number of nitrogens with one attached hydrogen (secondary N) is 2. The van der Waals surface area contributed by atoms with Crippen molar-refractivity contribution in [3.05, 3.63) is 24.3 Å². The lowest BCUT2D eigenvalue weighted by Crippen LogP contribution is -2.42. The van der Waals surface area contributed by atoms with E-state index >= 15 is 0 Å². The molecule has 1 aliphatic heterocycles. The normalized spacial score (nSPS) is 24.3. The van der Waals surface area contributed by atoms with E-state index in [-0.39, 0.29) is 5.60 Å². The zero-order valence-corrected chi connectivity index (χ0v) is 15.4. The highest BCUT2D eigenvalue weighted by molar-refractivity contribution is 5.89. The maximum Gasteiger partial charge on any atom is 0.412 e. The second-order valence-corrected chi connectivity index (χ2v) is 7.66. The summed E-state index contributed by atoms with van der Waals surface area (Å²) >= 11 is 0. The Kier molecular flexibility index (Phi) is 5.75. The van der Waals surface area contributed by atoms with Crippen LogP contribution in [0.1, 0.15) is 53.9 Å². The summed E-state index contributed by atoms with van der Waals surface area (Å²) in [6.07, 6.45) is 2.45. The molecule has 2 atom stereocenters. The summed E-state index contributed by atoms with van der Waals surface area (Å²) < 4.78 is 11.2. The zero-order chi connectivity index (χ0) is 17.8. The Labute approximate surface area is 145 Å². The predicted molar refractivity (Wildman–Crippen MR) is 97.6 cm³/mol. The van der Waals surface area contributed by atoms with Crippen LogP contribution in [-0.4, -0.2) is 29.9 Å². The molecule has 1 aromatic rings. The first-order valence-corrected chi connectivity index (χ1v) is 8.70. The van der Waals surface area contributed by atoms with E-state index in [2.05, 4.69) is 24.5 Å². The molecule has 0 bridgehead atoms. The third-order valence-corrected chi connectivity index (χ3v) is 4.27. The molecule has 0 aromatic heterocycles. The average Bonchev–Trinajstić information content (AvgIpc) is 2.47. The van der Waals surface area contributed by atoms with Crippen molar-refractivity contribution in [3.8, 4) is 0 Å². The van der Waals surface area contributed by atoms with Crippen molar-refractivity contribution in [1.29, 1.82) is 0 Å². The van der Waals surface area contributed by atoms with Gasteiger partial charge in [0, 0.05) is 12.6 Å². The number of carbonyl (C=O) groups is 1. The van der Waals surface area contributed by atoms with Crippen LogP contribution >= 0.6 is 0 Å². The number of benzene rings is 1. The fourth-order valence-electron chi connectivity index (χ4n) is 2.85. The van der Waals surface area contributed by atoms with Gasteiger partial charge in [0.25, 0.3) is 0 Å². The van der Waals surface area contributed by atoms with E-state index in [1.807, 2.05) is 45.0 Å². The molecule has 1 aromatic carbocycles. The summed E-state index contributed by atoms with van der Waals surface area (Å²) in [5.74, 6) is 0. The van der Waals surface area contributed by atoms with Gasteiger partial charge in [-0.25, -0.2) is 4.79 Å². The molecule has 1 aliphatic rings. The molecule has 134 valence electrons. The fourth-order valence-corrected chi connectivity index (χ4v) is 2.85. The molecule has 0 saturated carbocycles. The van der Waals surface area contributed by atoms with Gasteiger partial charge in [-0.1, -0.05) is 19.1 Å². The highest BCUT2D eigenvalue weighted by Gasteiger charge is 2.31. The lowest BCUT2D eigenvalue weighted by atomic mass is 9.90. The SMILES string of the molecule is CCC1(C)CC(Nc2ccccc2NC(=O)OC(C)(C)C)CCO1. The fraction of sp³-hybridized carbons (Fsp3) is 0.632. The molecule has 1 amide bonds. The van der Waals surface area contributed by atoms with Crippen LogP contribution in [0.4, 0.5) is 16.2 Å². The maximum absolute atomic E-state index is 12.0. The molecule has 1 saturated heterocycles. The Morgan fingerprint density at radius 3 is 2.62 bits per heavy atom. The Balaban J connectivity index is 2.05. The van der Waals surface area contributed by atoms with E-state index in [0.29, 0.717) is 6.04 Å². The van der Waals surface area contributed by atoms with E-state index in [1.165, 1.54) is 0 Å². The molecule has 2 N–H and O–H groups in total. The molecule has 1 heterocycles. The number of amides is 1. The van der Waals surface area contributed by atoms with E-state index in [4.69, 9.17) is 9.47 Å². The molecule has 2 rings (SSSR count). The third-order valence-electron chi connectivity index (χ3n) is 4.27. The van der Waals surface area contributed by atoms with Crippen molar-refractivity contribution in [2.45, 2.75) is 71.1 Å². The van der Waals surface area contributed by atoms with Gasteiger partial charge < -0.3 is 14.8 Å². The van der Waals surface area contributed by atoms with Crippen LogP contribution < -0.4 is 10.6 Å². The zero-order valence-electron chi connectivity index (χ0n) is 15.4. The van der Waals surface area contributed by atoms with Crippen LogP contribution in [0.3, 0.4) is 0 Å². The number of para-hydroxylation sites is 2. The molecule has 5 nitrogen and oxygen atoms in total. The maximum atomic E-state index is 12.0. The molecule has 24 heavy (non-hydrogen) atoms. The van der Waals surface area contributed by atoms with Crippen LogP contribution in [-0.2, 0) is 9.47 Å². The minimum absolute atomic E-state index is 0.0799. The van der Waals surface area contributed by atoms with Gasteiger partial charge in [0.1, 0.15) is 5.60 Å². The lowest BCUT2D eigenvalue weighted by molar-refractivity contribution is -0.0708. The summed E-state index contributed by atoms with van der Waals surface area (Å²) in [6.45, 7) is 10.6. The number of rotatable bonds is 4. The van der Waals surface area contributed by atoms with E-state index in [0.717, 1.165) is 37.2 Å². The van der Waals surface area contributed by atoms with E-state index in [1.54, 1.807) is 0 Å². The Bertz CT molecular complexity index is 568. The third kappa shape index (κ3) is 5.41. The molecule has 2 unspecified atom stereocenters. The topological polar surface area (TPSA) is 59.6 Å². The molecule has 5 heteroatoms. The van der Waals surface area contributed by atoms with Crippen LogP contribution in [0.2, 0.25) is 0 Å². The number of hydrogen-bond acceptors (Lipinski definition) is 4. The molecule has 0 radical (unpaired) electrons. The first-order valence-electron chi connectivity index (χ1n) is 8.70. The first kappa shape index (κ1) is 18.6. The number of anilines is 2. The minimum atomic E-state index is -0.518. The van der Waals surface area contributed by atoms with Gasteiger partial charge in [-0.3, -0.25) is 5.32 Å². The van der Waals surface area contributed by atoms with Gasteiger partial charge in [0.05, 0.1) is 17.0 Å². The lowest BCUT2D eigenvalue weighted by Gasteiger charge is -2.38. The van der Waals surface area contributed by atoms with Crippen molar-refractivity contribution in [1.82, 2.24) is 0 Å². The standard InChI is InChI=1S/C19H30N2O3/c1-6-19(5)13-14(11-12-23-19)20-15-9-7-8-10-16(15)21-17(22)24-18(2,3)4/h7-10,14,20H,6,11-13H2,1-5H3,(H,21,22). The minimum Gasteiger partial charge on any atom is -0.444 e. The highest BCUT2D eigenvalue weighted by atomic mass is 16.6. The van der Waals surface area contributed by atoms with Crippen LogP contribution in [0.5, 0.6) is 0 Å². The summed E-state index contributed by atoms with van der Waals surface area (Å²) in [5.41, 5.74) is 1.05. The number of carbonyl (C=O) groups excluding carboxylic acids is 1. The monoisotopic (exact) mass is 334 g/mol. The van der Waals surface area contributed by atoms with Gasteiger partial charge in [-0.15, -0.1) is 0 Å². The number of ether oxygens (including phenoxy) is 2. The summed E-state index contributed by atoms with van der Waals surface area (Å²) in [5, 5.41) is 6.39. The van der Waals surface area contributed by atoms with Gasteiger partial charge in [-0.2, -0.15) is 0 Å². The second kappa shape index (κ2) is 7.43. The Hall–Kier alpha value is -1.75. The summed E-state index contributed by atoms with van der Waals surface area (Å²) in [4.78, 5) is 12.0. The smallest absolute Gasteiger partial charge is 0.412 e. The summed E-state index contributed by atoms with van der Waals surface area (Å²) in [7, 11) is 0. The summed E-state index contributed by atoms with van der Waals surface area (Å²) in [6, 6.07) is 8.04. The molecule has 0 aliphatic carbocycles. The first-order chi connectivity index (χ1) is 11.2. The quantitative estimate of drug-likeness (QED) is 0.831. The van der Waals surface area contributed by atoms with E-state index < -0.39 is 11.7 Å². The van der Waals surface area contributed by atoms with Crippen molar-refractivity contribution >= 4 is 17.5 Å². The second-order valence-electron chi connectivity index (χ2n) is 7.66. The average molecular weight is 334 g/mol. The number of hydrogen-bond donors (Lipinski definition) is 2. The van der Waals surface area contributed by atoms with Crippen LogP contribution in [0.15, 0.2) is 24.3 Å². The van der Waals surface area contributed by atoms with Gasteiger partial charge in [0.2, 0.25) is 0 Å². The molecular weight excluding hydrogens is 304 g/mol. The van der Waals surface area contributed by atoms with Gasteiger partial charge in [-0.05, 0) is 59.1 Å². The van der Waals surface area contributed by atoms with E-state index in [9.17, 15) is 4.79 Å². The van der Waals surface area contributed by atoms with Crippen molar-refractivity contribution in [2.24, 2.45) is 0 Å². The Morgan fingerprint density at radius 1 is 1.33 bits per heavy atom. The van der Waals surface area contributed by atoms with Crippen molar-refractivity contribution in [2.75, 3.05) is 17.2 Å². The van der Waals surface area contributed by atoms with Crippen molar-refractivity contribution in [3.63, 3.8) is 0 Å².